The van der Waals surface area contributed by atoms with Gasteiger partial charge in [-0.05, 0) is 104 Å². The first-order valence-corrected chi connectivity index (χ1v) is 20.8. The lowest BCUT2D eigenvalue weighted by Crippen LogP contribution is -2.36. The molecule has 5 rings (SSSR count). The number of benzene rings is 5. The van der Waals surface area contributed by atoms with Crippen molar-refractivity contribution in [1.29, 1.82) is 0 Å². The van der Waals surface area contributed by atoms with Crippen molar-refractivity contribution in [2.45, 2.75) is 45.4 Å². The summed E-state index contributed by atoms with van der Waals surface area (Å²) in [5, 5.41) is 0. The van der Waals surface area contributed by atoms with Gasteiger partial charge in [-0.3, -0.25) is 0 Å². The molecule has 0 aliphatic heterocycles. The van der Waals surface area contributed by atoms with Crippen molar-refractivity contribution in [3.8, 4) is 11.5 Å². The smallest absolute Gasteiger partial charge is 0.258 e. The molecule has 0 spiro atoms. The van der Waals surface area contributed by atoms with Gasteiger partial charge in [0.05, 0.1) is 27.4 Å². The number of methoxy groups -OCH3 is 2. The van der Waals surface area contributed by atoms with E-state index in [2.05, 4.69) is 165 Å². The van der Waals surface area contributed by atoms with Crippen LogP contribution in [0, 0.1) is 0 Å². The molecule has 0 aliphatic carbocycles. The number of ether oxygens (including phenoxy) is 3. The minimum absolute atomic E-state index is 0.351. The molecule has 0 radical (unpaired) electrons. The number of likely N-dealkylation sites (N-methyl/N-ethyl adjacent to an activating group) is 2. The van der Waals surface area contributed by atoms with Gasteiger partial charge in [0.15, 0.2) is 0 Å². The van der Waals surface area contributed by atoms with E-state index >= 15 is 0 Å². The molecule has 0 N–H and O–H groups in total. The van der Waals surface area contributed by atoms with E-state index in [1.54, 1.807) is 21.3 Å². The summed E-state index contributed by atoms with van der Waals surface area (Å²) in [6.07, 6.45) is 4.30. The first kappa shape index (κ1) is 43.4. The molecular formula is C48H60N3O5P. The summed E-state index contributed by atoms with van der Waals surface area (Å²) in [6.45, 7) is 11.2. The molecule has 0 amide bonds. The van der Waals surface area contributed by atoms with Crippen molar-refractivity contribution in [2.24, 2.45) is 0 Å². The SMILES string of the molecule is COc1ccc(C(OCCN(C)c2ccc(/C=C/c3ccc(N(C)CCOP(OC)N(C(C)C)C(C)C)cc3)cc2)(c2ccccc2)c2ccc(OC)cc2)cc1. The summed E-state index contributed by atoms with van der Waals surface area (Å²) in [7, 11) is 8.21. The van der Waals surface area contributed by atoms with Gasteiger partial charge in [0.2, 0.25) is 0 Å². The van der Waals surface area contributed by atoms with E-state index in [0.717, 1.165) is 57.2 Å². The van der Waals surface area contributed by atoms with Gasteiger partial charge in [-0.2, -0.15) is 0 Å². The Morgan fingerprint density at radius 3 is 1.37 bits per heavy atom. The molecule has 5 aromatic rings. The molecule has 0 saturated heterocycles. The fourth-order valence-corrected chi connectivity index (χ4v) is 8.40. The number of hydrogen-bond donors (Lipinski definition) is 0. The second kappa shape index (κ2) is 21.2. The highest BCUT2D eigenvalue weighted by molar-refractivity contribution is 7.44. The maximum absolute atomic E-state index is 7.07. The van der Waals surface area contributed by atoms with Gasteiger partial charge < -0.3 is 33.1 Å². The van der Waals surface area contributed by atoms with Crippen LogP contribution in [0.1, 0.15) is 55.5 Å². The predicted molar refractivity (Wildman–Crippen MR) is 239 cm³/mol. The van der Waals surface area contributed by atoms with Crippen LogP contribution in [-0.2, 0) is 19.4 Å². The summed E-state index contributed by atoms with van der Waals surface area (Å²) < 4.78 is 32.3. The van der Waals surface area contributed by atoms with Crippen LogP contribution in [0.2, 0.25) is 0 Å². The van der Waals surface area contributed by atoms with Crippen molar-refractivity contribution in [3.05, 3.63) is 155 Å². The molecule has 0 aromatic heterocycles. The van der Waals surface area contributed by atoms with Crippen LogP contribution < -0.4 is 19.3 Å². The van der Waals surface area contributed by atoms with Gasteiger partial charge in [0.1, 0.15) is 17.1 Å². The van der Waals surface area contributed by atoms with Crippen LogP contribution in [-0.4, -0.2) is 78.5 Å². The average Bonchev–Trinajstić information content (AvgIpc) is 3.24. The van der Waals surface area contributed by atoms with E-state index < -0.39 is 14.1 Å². The van der Waals surface area contributed by atoms with Crippen LogP contribution in [0.25, 0.3) is 12.2 Å². The zero-order valence-electron chi connectivity index (χ0n) is 35.1. The second-order valence-electron chi connectivity index (χ2n) is 14.5. The van der Waals surface area contributed by atoms with Crippen molar-refractivity contribution < 1.29 is 23.3 Å². The van der Waals surface area contributed by atoms with Gasteiger partial charge in [-0.25, -0.2) is 4.67 Å². The van der Waals surface area contributed by atoms with E-state index in [4.69, 9.17) is 23.3 Å². The monoisotopic (exact) mass is 789 g/mol. The van der Waals surface area contributed by atoms with Crippen molar-refractivity contribution >= 4 is 32.1 Å². The third kappa shape index (κ3) is 11.2. The minimum Gasteiger partial charge on any atom is -0.497 e. The average molecular weight is 790 g/mol. The van der Waals surface area contributed by atoms with E-state index in [-0.39, 0.29) is 0 Å². The molecular weight excluding hydrogens is 730 g/mol. The summed E-state index contributed by atoms with van der Waals surface area (Å²) in [4.78, 5) is 4.44. The van der Waals surface area contributed by atoms with Crippen LogP contribution in [0.4, 0.5) is 11.4 Å². The number of anilines is 2. The highest BCUT2D eigenvalue weighted by Crippen LogP contribution is 2.45. The highest BCUT2D eigenvalue weighted by Gasteiger charge is 2.38. The zero-order chi connectivity index (χ0) is 40.8. The van der Waals surface area contributed by atoms with E-state index in [1.165, 1.54) is 0 Å². The third-order valence-corrected chi connectivity index (χ3v) is 12.1. The summed E-state index contributed by atoms with van der Waals surface area (Å²) in [6, 6.07) is 44.6. The van der Waals surface area contributed by atoms with Gasteiger partial charge in [-0.15, -0.1) is 0 Å². The maximum atomic E-state index is 7.07. The molecule has 1 unspecified atom stereocenters. The van der Waals surface area contributed by atoms with Crippen LogP contribution in [0.15, 0.2) is 127 Å². The molecule has 0 fully saturated rings. The lowest BCUT2D eigenvalue weighted by molar-refractivity contribution is 0.0175. The summed E-state index contributed by atoms with van der Waals surface area (Å²) in [5.41, 5.74) is 6.76. The van der Waals surface area contributed by atoms with Crippen molar-refractivity contribution in [2.75, 3.05) is 71.5 Å². The standard InChI is InChI=1S/C48H60N3O5P/c1-37(2)51(38(3)4)57(54-9)56-36-34-50(6)45-27-19-40(20-28-45)16-15-39-17-25-44(26-18-39)49(5)33-35-55-48(41-13-11-10-12-14-41,42-21-29-46(52-7)30-22-42)43-23-31-47(53-8)32-24-43/h10-32,37-38H,33-36H2,1-9H3/b16-15+. The van der Waals surface area contributed by atoms with Crippen molar-refractivity contribution in [3.63, 3.8) is 0 Å². The molecule has 302 valence electrons. The topological polar surface area (TPSA) is 55.9 Å². The Morgan fingerprint density at radius 2 is 0.965 bits per heavy atom. The normalized spacial score (nSPS) is 12.4. The van der Waals surface area contributed by atoms with Gasteiger partial charge in [-0.1, -0.05) is 91.0 Å². The zero-order valence-corrected chi connectivity index (χ0v) is 36.0. The Morgan fingerprint density at radius 1 is 0.544 bits per heavy atom. The Bertz CT molecular complexity index is 1880. The molecule has 0 saturated carbocycles. The molecule has 0 heterocycles. The van der Waals surface area contributed by atoms with Crippen LogP contribution in [0.5, 0.6) is 11.5 Å². The first-order valence-electron chi connectivity index (χ1n) is 19.6. The minimum atomic E-state index is -1.09. The molecule has 57 heavy (non-hydrogen) atoms. The number of rotatable bonds is 21. The van der Waals surface area contributed by atoms with E-state index in [0.29, 0.717) is 31.8 Å². The number of nitrogens with zero attached hydrogens (tertiary/aromatic N) is 3. The lowest BCUT2D eigenvalue weighted by atomic mass is 9.80. The van der Waals surface area contributed by atoms with E-state index in [9.17, 15) is 0 Å². The van der Waals surface area contributed by atoms with Gasteiger partial charge in [0, 0.05) is 57.8 Å². The Balaban J connectivity index is 1.21. The van der Waals surface area contributed by atoms with Gasteiger partial charge >= 0.3 is 0 Å². The molecule has 5 aromatic carbocycles. The molecule has 0 aliphatic rings. The number of hydrogen-bond acceptors (Lipinski definition) is 8. The molecule has 0 bridgehead atoms. The third-order valence-electron chi connectivity index (χ3n) is 10.1. The largest absolute Gasteiger partial charge is 0.497 e. The lowest BCUT2D eigenvalue weighted by Gasteiger charge is -2.36. The predicted octanol–water partition coefficient (Wildman–Crippen LogP) is 10.8. The van der Waals surface area contributed by atoms with Crippen molar-refractivity contribution in [1.82, 2.24) is 4.67 Å². The highest BCUT2D eigenvalue weighted by atomic mass is 31.2. The van der Waals surface area contributed by atoms with Gasteiger partial charge in [0.25, 0.3) is 8.53 Å². The fraction of sp³-hybridized carbons (Fsp3) is 0.333. The maximum Gasteiger partial charge on any atom is 0.258 e. The Labute approximate surface area is 342 Å². The quantitative estimate of drug-likeness (QED) is 0.0414. The molecule has 1 atom stereocenters. The van der Waals surface area contributed by atoms with Crippen LogP contribution in [0.3, 0.4) is 0 Å². The van der Waals surface area contributed by atoms with E-state index in [1.807, 2.05) is 30.3 Å². The summed E-state index contributed by atoms with van der Waals surface area (Å²) in [5.74, 6) is 1.59. The molecule has 8 nitrogen and oxygen atoms in total. The second-order valence-corrected chi connectivity index (χ2v) is 16.1. The summed E-state index contributed by atoms with van der Waals surface area (Å²) >= 11 is 0. The molecule has 9 heteroatoms. The first-order chi connectivity index (χ1) is 27.6. The Hall–Kier alpha value is -4.69. The Kier molecular flexibility index (Phi) is 16.1. The fourth-order valence-electron chi connectivity index (χ4n) is 6.98. The van der Waals surface area contributed by atoms with Crippen LogP contribution >= 0.6 is 8.53 Å².